The average molecular weight is 446 g/mol. The molecule has 7 heteroatoms. The summed E-state index contributed by atoms with van der Waals surface area (Å²) in [4.78, 5) is 4.84. The van der Waals surface area contributed by atoms with Crippen LogP contribution in [0.1, 0.15) is 58.6 Å². The second-order valence-electron chi connectivity index (χ2n) is 10.6. The van der Waals surface area contributed by atoms with Gasteiger partial charge in [0, 0.05) is 11.7 Å². The first-order chi connectivity index (χ1) is 14.8. The van der Waals surface area contributed by atoms with E-state index in [0.717, 1.165) is 35.9 Å². The fourth-order valence-corrected chi connectivity index (χ4v) is 5.50. The van der Waals surface area contributed by atoms with Gasteiger partial charge in [-0.1, -0.05) is 33.8 Å². The summed E-state index contributed by atoms with van der Waals surface area (Å²) in [7, 11) is 0. The third-order valence-electron chi connectivity index (χ3n) is 6.09. The Morgan fingerprint density at radius 2 is 1.62 bits per heavy atom. The minimum atomic E-state index is -4.71. The molecule has 0 spiro atoms. The predicted molar refractivity (Wildman–Crippen MR) is 121 cm³/mol. The zero-order valence-electron chi connectivity index (χ0n) is 19.2. The number of nitrogens with one attached hydrogen (secondary N) is 1. The van der Waals surface area contributed by atoms with Crippen molar-refractivity contribution in [1.29, 1.82) is 0 Å². The molecule has 1 aliphatic rings. The van der Waals surface area contributed by atoms with Crippen LogP contribution in [0.2, 0.25) is 0 Å². The molecule has 4 nitrogen and oxygen atoms in total. The highest BCUT2D eigenvalue weighted by Crippen LogP contribution is 2.51. The second-order valence-corrected chi connectivity index (χ2v) is 10.6. The number of ether oxygens (including phenoxy) is 1. The van der Waals surface area contributed by atoms with Crippen LogP contribution in [0.25, 0.3) is 11.0 Å². The zero-order valence-corrected chi connectivity index (χ0v) is 19.2. The minimum Gasteiger partial charge on any atom is -0.406 e. The van der Waals surface area contributed by atoms with E-state index in [0.29, 0.717) is 11.6 Å². The monoisotopic (exact) mass is 445 g/mol. The van der Waals surface area contributed by atoms with E-state index in [2.05, 4.69) is 55.3 Å². The van der Waals surface area contributed by atoms with E-state index < -0.39 is 6.36 Å². The lowest BCUT2D eigenvalue weighted by molar-refractivity contribution is -0.274. The Balaban J connectivity index is 1.72. The van der Waals surface area contributed by atoms with Crippen molar-refractivity contribution in [2.24, 2.45) is 10.8 Å². The SMILES string of the molecule is Cc1ccc2nc(Nc3ccc(OC(F)(F)F)cc3)n(C3CC(C)(C)CC(C)(C)C3)c2c1. The number of fused-ring (bicyclic) bond motifs is 1. The Morgan fingerprint density at radius 3 is 2.22 bits per heavy atom. The fourth-order valence-electron chi connectivity index (χ4n) is 5.50. The molecule has 172 valence electrons. The highest BCUT2D eigenvalue weighted by atomic mass is 19.4. The van der Waals surface area contributed by atoms with Crippen LogP contribution in [-0.4, -0.2) is 15.9 Å². The van der Waals surface area contributed by atoms with E-state index >= 15 is 0 Å². The first-order valence-corrected chi connectivity index (χ1v) is 10.9. The van der Waals surface area contributed by atoms with Crippen molar-refractivity contribution in [2.75, 3.05) is 5.32 Å². The van der Waals surface area contributed by atoms with Crippen LogP contribution in [0.15, 0.2) is 42.5 Å². The summed E-state index contributed by atoms with van der Waals surface area (Å²) in [6, 6.07) is 12.2. The number of hydrogen-bond donors (Lipinski definition) is 1. The fraction of sp³-hybridized carbons (Fsp3) is 0.480. The summed E-state index contributed by atoms with van der Waals surface area (Å²) in [5.41, 5.74) is 4.18. The number of aryl methyl sites for hydroxylation is 1. The van der Waals surface area contributed by atoms with Gasteiger partial charge in [-0.3, -0.25) is 0 Å². The first-order valence-electron chi connectivity index (χ1n) is 10.9. The Bertz CT molecular complexity index is 1100. The van der Waals surface area contributed by atoms with Crippen molar-refractivity contribution in [3.63, 3.8) is 0 Å². The maximum atomic E-state index is 12.5. The molecule has 2 aromatic carbocycles. The molecule has 1 N–H and O–H groups in total. The van der Waals surface area contributed by atoms with Crippen molar-refractivity contribution < 1.29 is 17.9 Å². The van der Waals surface area contributed by atoms with Crippen molar-refractivity contribution in [3.05, 3.63) is 48.0 Å². The Labute approximate surface area is 186 Å². The number of alkyl halides is 3. The molecule has 0 atom stereocenters. The van der Waals surface area contributed by atoms with Gasteiger partial charge in [0.1, 0.15) is 5.75 Å². The molecule has 1 fully saturated rings. The lowest BCUT2D eigenvalue weighted by atomic mass is 9.63. The molecule has 1 saturated carbocycles. The quantitative estimate of drug-likeness (QED) is 0.446. The number of rotatable bonds is 4. The van der Waals surface area contributed by atoms with E-state index in [4.69, 9.17) is 4.98 Å². The smallest absolute Gasteiger partial charge is 0.406 e. The highest BCUT2D eigenvalue weighted by Gasteiger charge is 2.40. The lowest BCUT2D eigenvalue weighted by Crippen LogP contribution is -2.35. The summed E-state index contributed by atoms with van der Waals surface area (Å²) in [5.74, 6) is 0.455. The van der Waals surface area contributed by atoms with E-state index in [1.807, 2.05) is 12.1 Å². The molecule has 1 heterocycles. The van der Waals surface area contributed by atoms with Gasteiger partial charge in [0.2, 0.25) is 5.95 Å². The highest BCUT2D eigenvalue weighted by molar-refractivity contribution is 5.80. The maximum Gasteiger partial charge on any atom is 0.573 e. The van der Waals surface area contributed by atoms with E-state index in [9.17, 15) is 13.2 Å². The van der Waals surface area contributed by atoms with Gasteiger partial charge in [0.25, 0.3) is 0 Å². The van der Waals surface area contributed by atoms with Gasteiger partial charge in [-0.2, -0.15) is 0 Å². The molecule has 0 radical (unpaired) electrons. The van der Waals surface area contributed by atoms with Crippen LogP contribution in [0.3, 0.4) is 0 Å². The van der Waals surface area contributed by atoms with Gasteiger partial charge >= 0.3 is 6.36 Å². The summed E-state index contributed by atoms with van der Waals surface area (Å²) >= 11 is 0. The molecular formula is C25H30F3N3O. The van der Waals surface area contributed by atoms with Crippen LogP contribution in [0, 0.1) is 17.8 Å². The predicted octanol–water partition coefficient (Wildman–Crippen LogP) is 7.76. The van der Waals surface area contributed by atoms with Gasteiger partial charge in [-0.25, -0.2) is 4.98 Å². The van der Waals surface area contributed by atoms with Crippen LogP contribution in [0.5, 0.6) is 5.75 Å². The van der Waals surface area contributed by atoms with Gasteiger partial charge in [-0.15, -0.1) is 13.2 Å². The number of imidazole rings is 1. The number of benzene rings is 2. The third kappa shape index (κ3) is 5.03. The Hall–Kier alpha value is -2.70. The first kappa shape index (κ1) is 22.5. The molecule has 4 rings (SSSR count). The van der Waals surface area contributed by atoms with Crippen LogP contribution in [0.4, 0.5) is 24.8 Å². The maximum absolute atomic E-state index is 12.5. The molecule has 0 amide bonds. The minimum absolute atomic E-state index is 0.195. The summed E-state index contributed by atoms with van der Waals surface area (Å²) in [5, 5.41) is 3.34. The van der Waals surface area contributed by atoms with Crippen molar-refractivity contribution >= 4 is 22.7 Å². The third-order valence-corrected chi connectivity index (χ3v) is 6.09. The van der Waals surface area contributed by atoms with Crippen LogP contribution >= 0.6 is 0 Å². The van der Waals surface area contributed by atoms with Gasteiger partial charge in [0.15, 0.2) is 0 Å². The zero-order chi connectivity index (χ0) is 23.3. The Morgan fingerprint density at radius 1 is 1.00 bits per heavy atom. The molecule has 3 aromatic rings. The van der Waals surface area contributed by atoms with Crippen molar-refractivity contribution in [2.45, 2.75) is 66.3 Å². The largest absolute Gasteiger partial charge is 0.573 e. The number of anilines is 2. The van der Waals surface area contributed by atoms with E-state index in [-0.39, 0.29) is 22.6 Å². The molecule has 0 saturated heterocycles. The molecule has 1 aromatic heterocycles. The second kappa shape index (κ2) is 7.71. The number of nitrogens with zero attached hydrogens (tertiary/aromatic N) is 2. The summed E-state index contributed by atoms with van der Waals surface area (Å²) in [6.45, 7) is 11.3. The van der Waals surface area contributed by atoms with Crippen LogP contribution < -0.4 is 10.1 Å². The molecule has 0 bridgehead atoms. The van der Waals surface area contributed by atoms with E-state index in [1.54, 1.807) is 12.1 Å². The number of halogens is 3. The summed E-state index contributed by atoms with van der Waals surface area (Å²) < 4.78 is 43.7. The summed E-state index contributed by atoms with van der Waals surface area (Å²) in [6.07, 6.45) is -1.49. The topological polar surface area (TPSA) is 39.1 Å². The van der Waals surface area contributed by atoms with Gasteiger partial charge < -0.3 is 14.6 Å². The van der Waals surface area contributed by atoms with Crippen LogP contribution in [-0.2, 0) is 0 Å². The van der Waals surface area contributed by atoms with Crippen molar-refractivity contribution in [1.82, 2.24) is 9.55 Å². The molecule has 32 heavy (non-hydrogen) atoms. The normalized spacial score (nSPS) is 18.6. The van der Waals surface area contributed by atoms with Crippen molar-refractivity contribution in [3.8, 4) is 5.75 Å². The Kier molecular flexibility index (Phi) is 5.42. The molecule has 0 unspecified atom stereocenters. The molecular weight excluding hydrogens is 415 g/mol. The average Bonchev–Trinajstić information content (AvgIpc) is 2.96. The number of aromatic nitrogens is 2. The molecule has 0 aliphatic heterocycles. The molecule has 1 aliphatic carbocycles. The van der Waals surface area contributed by atoms with Gasteiger partial charge in [0.05, 0.1) is 11.0 Å². The standard InChI is InChI=1S/C25H30F3N3O/c1-16-6-11-20-21(12-16)31(18-13-23(2,3)15-24(4,5)14-18)22(30-20)29-17-7-9-19(10-8-17)32-25(26,27)28/h6-12,18H,13-15H2,1-5H3,(H,29,30). The van der Waals surface area contributed by atoms with E-state index in [1.165, 1.54) is 12.1 Å². The number of hydrogen-bond acceptors (Lipinski definition) is 3. The van der Waals surface area contributed by atoms with Gasteiger partial charge in [-0.05, 0) is 79.0 Å². The lowest BCUT2D eigenvalue weighted by Gasteiger charge is -2.45.